The molecule has 2 heterocycles. The van der Waals surface area contributed by atoms with E-state index < -0.39 is 0 Å². The summed E-state index contributed by atoms with van der Waals surface area (Å²) in [5, 5.41) is 0. The molecule has 0 bridgehead atoms. The first-order valence-electron chi connectivity index (χ1n) is 6.83. The Bertz CT molecular complexity index is 462. The van der Waals surface area contributed by atoms with E-state index in [-0.39, 0.29) is 5.97 Å². The number of nitrogens with two attached hydrogens (primary N) is 1. The smallest absolute Gasteiger partial charge is 0.340 e. The number of pyridine rings is 1. The van der Waals surface area contributed by atoms with Crippen LogP contribution in [0.25, 0.3) is 0 Å². The van der Waals surface area contributed by atoms with Crippen molar-refractivity contribution < 1.29 is 9.53 Å². The van der Waals surface area contributed by atoms with Crippen molar-refractivity contribution in [1.82, 2.24) is 4.98 Å². The van der Waals surface area contributed by atoms with Crippen molar-refractivity contribution in [2.75, 3.05) is 23.8 Å². The van der Waals surface area contributed by atoms with E-state index in [1.807, 2.05) is 0 Å². The fourth-order valence-electron chi connectivity index (χ4n) is 2.49. The van der Waals surface area contributed by atoms with Gasteiger partial charge in [-0.05, 0) is 39.2 Å². The molecule has 1 saturated heterocycles. The van der Waals surface area contributed by atoms with Crippen molar-refractivity contribution in [3.05, 3.63) is 17.8 Å². The highest BCUT2D eigenvalue weighted by atomic mass is 16.5. The predicted molar refractivity (Wildman–Crippen MR) is 75.3 cm³/mol. The Balaban J connectivity index is 2.31. The van der Waals surface area contributed by atoms with Crippen LogP contribution in [0.5, 0.6) is 0 Å². The molecule has 0 amide bonds. The van der Waals surface area contributed by atoms with E-state index in [0.717, 1.165) is 19.4 Å². The summed E-state index contributed by atoms with van der Waals surface area (Å²) in [5.74, 6) is 0.325. The average Bonchev–Trinajstić information content (AvgIpc) is 2.40. The van der Waals surface area contributed by atoms with Gasteiger partial charge in [-0.1, -0.05) is 0 Å². The van der Waals surface area contributed by atoms with Gasteiger partial charge in [0.15, 0.2) is 5.82 Å². The number of hydrogen-bond donors (Lipinski definition) is 1. The highest BCUT2D eigenvalue weighted by Gasteiger charge is 2.24. The molecule has 5 heteroatoms. The van der Waals surface area contributed by atoms with Crippen molar-refractivity contribution >= 4 is 17.5 Å². The molecule has 5 nitrogen and oxygen atoms in total. The zero-order valence-electron chi connectivity index (χ0n) is 11.6. The number of nitrogens with zero attached hydrogens (tertiary/aromatic N) is 2. The first-order valence-corrected chi connectivity index (χ1v) is 6.83. The summed E-state index contributed by atoms with van der Waals surface area (Å²) in [6, 6.07) is 2.02. The van der Waals surface area contributed by atoms with E-state index in [4.69, 9.17) is 10.5 Å². The van der Waals surface area contributed by atoms with E-state index in [1.165, 1.54) is 6.42 Å². The van der Waals surface area contributed by atoms with Crippen molar-refractivity contribution in [1.29, 1.82) is 0 Å². The SMILES string of the molecule is CCOC(=O)c1ccnc(N2CCCCC2C)c1N. The number of anilines is 2. The standard InChI is InChI=1S/C14H21N3O2/c1-3-19-14(18)11-7-8-16-13(12(11)15)17-9-5-4-6-10(17)2/h7-8,10H,3-6,9,15H2,1-2H3. The van der Waals surface area contributed by atoms with Crippen molar-refractivity contribution in [2.45, 2.75) is 39.2 Å². The lowest BCUT2D eigenvalue weighted by Crippen LogP contribution is -2.38. The van der Waals surface area contributed by atoms with Gasteiger partial charge >= 0.3 is 5.97 Å². The second kappa shape index (κ2) is 5.91. The van der Waals surface area contributed by atoms with Crippen molar-refractivity contribution in [3.63, 3.8) is 0 Å². The maximum Gasteiger partial charge on any atom is 0.340 e. The van der Waals surface area contributed by atoms with Crippen LogP contribution in [0.15, 0.2) is 12.3 Å². The third-order valence-corrected chi connectivity index (χ3v) is 3.54. The molecule has 1 unspecified atom stereocenters. The lowest BCUT2D eigenvalue weighted by atomic mass is 10.0. The highest BCUT2D eigenvalue weighted by molar-refractivity contribution is 5.97. The van der Waals surface area contributed by atoms with Crippen molar-refractivity contribution in [2.24, 2.45) is 0 Å². The van der Waals surface area contributed by atoms with Gasteiger partial charge in [-0.3, -0.25) is 0 Å². The molecule has 1 fully saturated rings. The van der Waals surface area contributed by atoms with Crippen LogP contribution in [-0.2, 0) is 4.74 Å². The van der Waals surface area contributed by atoms with Gasteiger partial charge in [-0.15, -0.1) is 0 Å². The Morgan fingerprint density at radius 1 is 1.58 bits per heavy atom. The molecule has 0 aromatic carbocycles. The van der Waals surface area contributed by atoms with Gasteiger partial charge in [0, 0.05) is 18.8 Å². The molecule has 0 aliphatic carbocycles. The number of aromatic nitrogens is 1. The Labute approximate surface area is 113 Å². The lowest BCUT2D eigenvalue weighted by molar-refractivity contribution is 0.0527. The summed E-state index contributed by atoms with van der Waals surface area (Å²) in [6.07, 6.45) is 5.12. The summed E-state index contributed by atoms with van der Waals surface area (Å²) >= 11 is 0. The summed E-state index contributed by atoms with van der Waals surface area (Å²) in [7, 11) is 0. The molecular formula is C14H21N3O2. The number of piperidine rings is 1. The van der Waals surface area contributed by atoms with Crippen LogP contribution in [0.1, 0.15) is 43.5 Å². The molecule has 1 aromatic heterocycles. The highest BCUT2D eigenvalue weighted by Crippen LogP contribution is 2.29. The molecule has 2 N–H and O–H groups in total. The van der Waals surface area contributed by atoms with Crippen LogP contribution in [0.2, 0.25) is 0 Å². The largest absolute Gasteiger partial charge is 0.462 e. The van der Waals surface area contributed by atoms with E-state index >= 15 is 0 Å². The van der Waals surface area contributed by atoms with Crippen LogP contribution in [-0.4, -0.2) is 30.1 Å². The summed E-state index contributed by atoms with van der Waals surface area (Å²) < 4.78 is 5.01. The fraction of sp³-hybridized carbons (Fsp3) is 0.571. The average molecular weight is 263 g/mol. The quantitative estimate of drug-likeness (QED) is 0.847. The third kappa shape index (κ3) is 2.80. The first kappa shape index (κ1) is 13.6. The van der Waals surface area contributed by atoms with Crippen LogP contribution in [0, 0.1) is 0 Å². The maximum atomic E-state index is 11.8. The van der Waals surface area contributed by atoms with E-state index in [0.29, 0.717) is 29.7 Å². The zero-order valence-corrected chi connectivity index (χ0v) is 11.6. The molecule has 1 aliphatic rings. The number of carbonyl (C=O) groups is 1. The number of carbonyl (C=O) groups excluding carboxylic acids is 1. The minimum atomic E-state index is -0.381. The molecule has 0 saturated carbocycles. The predicted octanol–water partition coefficient (Wildman–Crippen LogP) is 2.22. The number of esters is 1. The van der Waals surface area contributed by atoms with E-state index in [2.05, 4.69) is 16.8 Å². The molecule has 19 heavy (non-hydrogen) atoms. The third-order valence-electron chi connectivity index (χ3n) is 3.54. The van der Waals surface area contributed by atoms with Crippen LogP contribution in [0.4, 0.5) is 11.5 Å². The van der Waals surface area contributed by atoms with E-state index in [1.54, 1.807) is 19.2 Å². The molecule has 1 atom stereocenters. The van der Waals surface area contributed by atoms with E-state index in [9.17, 15) is 4.79 Å². The Morgan fingerprint density at radius 3 is 3.05 bits per heavy atom. The number of ether oxygens (including phenoxy) is 1. The Kier molecular flexibility index (Phi) is 4.24. The fourth-order valence-corrected chi connectivity index (χ4v) is 2.49. The Hall–Kier alpha value is -1.78. The van der Waals surface area contributed by atoms with Crippen LogP contribution in [0.3, 0.4) is 0 Å². The second-order valence-electron chi connectivity index (χ2n) is 4.85. The molecule has 2 rings (SSSR count). The normalized spacial score (nSPS) is 19.3. The van der Waals surface area contributed by atoms with Crippen LogP contribution < -0.4 is 10.6 Å². The molecule has 0 radical (unpaired) electrons. The number of rotatable bonds is 3. The topological polar surface area (TPSA) is 68.5 Å². The first-order chi connectivity index (χ1) is 9.15. The van der Waals surface area contributed by atoms with Gasteiger partial charge in [0.1, 0.15) is 0 Å². The zero-order chi connectivity index (χ0) is 13.8. The summed E-state index contributed by atoms with van der Waals surface area (Å²) in [5.41, 5.74) is 6.94. The number of hydrogen-bond acceptors (Lipinski definition) is 5. The van der Waals surface area contributed by atoms with Gasteiger partial charge in [0.2, 0.25) is 0 Å². The second-order valence-corrected chi connectivity index (χ2v) is 4.85. The van der Waals surface area contributed by atoms with Gasteiger partial charge < -0.3 is 15.4 Å². The molecule has 1 aromatic rings. The van der Waals surface area contributed by atoms with Crippen LogP contribution >= 0.6 is 0 Å². The van der Waals surface area contributed by atoms with Gasteiger partial charge in [0.25, 0.3) is 0 Å². The minimum Gasteiger partial charge on any atom is -0.462 e. The summed E-state index contributed by atoms with van der Waals surface area (Å²) in [6.45, 7) is 5.22. The van der Waals surface area contributed by atoms with Crippen molar-refractivity contribution in [3.8, 4) is 0 Å². The number of nitrogen functional groups attached to an aromatic ring is 1. The van der Waals surface area contributed by atoms with Gasteiger partial charge in [-0.25, -0.2) is 9.78 Å². The minimum absolute atomic E-state index is 0.343. The van der Waals surface area contributed by atoms with Gasteiger partial charge in [0.05, 0.1) is 17.9 Å². The monoisotopic (exact) mass is 263 g/mol. The molecule has 1 aliphatic heterocycles. The Morgan fingerprint density at radius 2 is 2.37 bits per heavy atom. The molecule has 104 valence electrons. The molecular weight excluding hydrogens is 242 g/mol. The van der Waals surface area contributed by atoms with Gasteiger partial charge in [-0.2, -0.15) is 0 Å². The molecule has 0 spiro atoms. The summed E-state index contributed by atoms with van der Waals surface area (Å²) in [4.78, 5) is 18.4. The maximum absolute atomic E-state index is 11.8. The lowest BCUT2D eigenvalue weighted by Gasteiger charge is -2.35.